The van der Waals surface area contributed by atoms with E-state index in [2.05, 4.69) is 25.7 Å². The van der Waals surface area contributed by atoms with Crippen LogP contribution in [0.15, 0.2) is 47.8 Å². The Labute approximate surface area is 183 Å². The SMILES string of the molecule is CC(=O)Nc1ccc(-n2ncnc2[C@@H](C)NC(=O)c2cc(Cl)cc(S(C)(=O)=O)c2)nc1. The molecule has 0 aliphatic carbocycles. The molecule has 3 aromatic rings. The van der Waals surface area contributed by atoms with Crippen LogP contribution in [0.1, 0.15) is 36.1 Å². The van der Waals surface area contributed by atoms with E-state index in [1.54, 1.807) is 19.1 Å². The molecule has 1 atom stereocenters. The van der Waals surface area contributed by atoms with E-state index in [0.29, 0.717) is 17.3 Å². The lowest BCUT2D eigenvalue weighted by atomic mass is 10.2. The predicted molar refractivity (Wildman–Crippen MR) is 114 cm³/mol. The van der Waals surface area contributed by atoms with Gasteiger partial charge in [0.25, 0.3) is 5.91 Å². The van der Waals surface area contributed by atoms with Gasteiger partial charge >= 0.3 is 0 Å². The Morgan fingerprint density at radius 3 is 2.52 bits per heavy atom. The van der Waals surface area contributed by atoms with Crippen molar-refractivity contribution in [2.75, 3.05) is 11.6 Å². The minimum absolute atomic E-state index is 0.0515. The number of carbonyl (C=O) groups is 2. The maximum Gasteiger partial charge on any atom is 0.251 e. The standard InChI is InChI=1S/C19H19ClN6O4S/c1-11(24-19(28)13-6-14(20)8-16(7-13)31(3,29)30)18-22-10-23-26(18)17-5-4-15(9-21-17)25-12(2)27/h4-11H,1-3H3,(H,24,28)(H,25,27)/t11-/m1/s1. The second-order valence-electron chi connectivity index (χ2n) is 6.76. The van der Waals surface area contributed by atoms with Crippen molar-refractivity contribution in [1.82, 2.24) is 25.1 Å². The van der Waals surface area contributed by atoms with E-state index >= 15 is 0 Å². The van der Waals surface area contributed by atoms with Crippen LogP contribution in [0.2, 0.25) is 5.02 Å². The van der Waals surface area contributed by atoms with E-state index in [1.165, 1.54) is 42.3 Å². The van der Waals surface area contributed by atoms with Gasteiger partial charge in [0.15, 0.2) is 21.5 Å². The molecule has 31 heavy (non-hydrogen) atoms. The minimum Gasteiger partial charge on any atom is -0.342 e. The monoisotopic (exact) mass is 462 g/mol. The van der Waals surface area contributed by atoms with E-state index in [1.807, 2.05) is 0 Å². The Kier molecular flexibility index (Phi) is 6.37. The quantitative estimate of drug-likeness (QED) is 0.572. The Bertz CT molecular complexity index is 1240. The van der Waals surface area contributed by atoms with E-state index in [0.717, 1.165) is 6.26 Å². The summed E-state index contributed by atoms with van der Waals surface area (Å²) in [4.78, 5) is 32.2. The van der Waals surface area contributed by atoms with Crippen molar-refractivity contribution in [2.24, 2.45) is 0 Å². The zero-order valence-electron chi connectivity index (χ0n) is 16.8. The van der Waals surface area contributed by atoms with Gasteiger partial charge in [-0.1, -0.05) is 11.6 Å². The van der Waals surface area contributed by atoms with Crippen molar-refractivity contribution >= 4 is 38.9 Å². The molecule has 0 unspecified atom stereocenters. The zero-order chi connectivity index (χ0) is 22.8. The lowest BCUT2D eigenvalue weighted by Gasteiger charge is -2.15. The molecule has 0 fully saturated rings. The Hall–Kier alpha value is -3.31. The molecule has 2 N–H and O–H groups in total. The number of benzene rings is 1. The number of rotatable bonds is 6. The highest BCUT2D eigenvalue weighted by molar-refractivity contribution is 7.90. The third-order valence-electron chi connectivity index (χ3n) is 4.16. The van der Waals surface area contributed by atoms with Crippen LogP contribution in [0, 0.1) is 0 Å². The molecule has 0 aliphatic heterocycles. The summed E-state index contributed by atoms with van der Waals surface area (Å²) in [6, 6.07) is 6.64. The highest BCUT2D eigenvalue weighted by Crippen LogP contribution is 2.21. The fourth-order valence-electron chi connectivity index (χ4n) is 2.76. The summed E-state index contributed by atoms with van der Waals surface area (Å²) in [5, 5.41) is 9.65. The lowest BCUT2D eigenvalue weighted by Crippen LogP contribution is -2.29. The highest BCUT2D eigenvalue weighted by Gasteiger charge is 2.20. The normalized spacial score (nSPS) is 12.3. The summed E-state index contributed by atoms with van der Waals surface area (Å²) >= 11 is 5.98. The minimum atomic E-state index is -3.53. The number of sulfone groups is 1. The molecule has 2 amide bonds. The molecule has 0 bridgehead atoms. The van der Waals surface area contributed by atoms with Gasteiger partial charge in [-0.05, 0) is 37.3 Å². The molecule has 0 radical (unpaired) electrons. The summed E-state index contributed by atoms with van der Waals surface area (Å²) in [6.07, 6.45) is 3.84. The molecule has 3 rings (SSSR count). The third-order valence-corrected chi connectivity index (χ3v) is 5.47. The Balaban J connectivity index is 1.82. The number of aromatic nitrogens is 4. The first-order valence-electron chi connectivity index (χ1n) is 9.00. The van der Waals surface area contributed by atoms with Crippen LogP contribution in [0.25, 0.3) is 5.82 Å². The van der Waals surface area contributed by atoms with Crippen molar-refractivity contribution in [3.8, 4) is 5.82 Å². The predicted octanol–water partition coefficient (Wildman–Crippen LogP) is 2.17. The van der Waals surface area contributed by atoms with Crippen LogP contribution in [-0.4, -0.2) is 46.2 Å². The Morgan fingerprint density at radius 2 is 1.90 bits per heavy atom. The number of anilines is 1. The van der Waals surface area contributed by atoms with Gasteiger partial charge in [0, 0.05) is 23.8 Å². The average molecular weight is 463 g/mol. The van der Waals surface area contributed by atoms with Crippen LogP contribution in [0.4, 0.5) is 5.69 Å². The van der Waals surface area contributed by atoms with Crippen molar-refractivity contribution in [1.29, 1.82) is 0 Å². The molecule has 2 heterocycles. The number of hydrogen-bond donors (Lipinski definition) is 2. The first-order chi connectivity index (χ1) is 14.5. The Morgan fingerprint density at radius 1 is 1.16 bits per heavy atom. The number of carbonyl (C=O) groups excluding carboxylic acids is 2. The van der Waals surface area contributed by atoms with Gasteiger partial charge < -0.3 is 10.6 Å². The van der Waals surface area contributed by atoms with Crippen LogP contribution >= 0.6 is 11.6 Å². The van der Waals surface area contributed by atoms with Gasteiger partial charge in [0.1, 0.15) is 6.33 Å². The van der Waals surface area contributed by atoms with Gasteiger partial charge in [-0.2, -0.15) is 9.78 Å². The number of pyridine rings is 1. The molecule has 0 aliphatic rings. The smallest absolute Gasteiger partial charge is 0.251 e. The molecular formula is C19H19ClN6O4S. The van der Waals surface area contributed by atoms with Gasteiger partial charge in [0.05, 0.1) is 22.8 Å². The van der Waals surface area contributed by atoms with Crippen molar-refractivity contribution in [3.05, 3.63) is 59.3 Å². The molecule has 12 heteroatoms. The third kappa shape index (κ3) is 5.44. The highest BCUT2D eigenvalue weighted by atomic mass is 35.5. The van der Waals surface area contributed by atoms with E-state index < -0.39 is 21.8 Å². The van der Waals surface area contributed by atoms with Gasteiger partial charge in [0.2, 0.25) is 5.91 Å². The fraction of sp³-hybridized carbons (Fsp3) is 0.211. The average Bonchev–Trinajstić information content (AvgIpc) is 3.17. The molecule has 1 aromatic carbocycles. The van der Waals surface area contributed by atoms with Crippen molar-refractivity contribution < 1.29 is 18.0 Å². The topological polar surface area (TPSA) is 136 Å². The fourth-order valence-corrected chi connectivity index (χ4v) is 3.75. The number of hydrogen-bond acceptors (Lipinski definition) is 7. The van der Waals surface area contributed by atoms with E-state index in [-0.39, 0.29) is 21.4 Å². The van der Waals surface area contributed by atoms with Gasteiger partial charge in [-0.25, -0.2) is 18.4 Å². The number of nitrogens with one attached hydrogen (secondary N) is 2. The second-order valence-corrected chi connectivity index (χ2v) is 9.21. The van der Waals surface area contributed by atoms with Crippen LogP contribution in [-0.2, 0) is 14.6 Å². The van der Waals surface area contributed by atoms with Crippen LogP contribution in [0.3, 0.4) is 0 Å². The number of nitrogens with zero attached hydrogens (tertiary/aromatic N) is 4. The molecule has 0 saturated heterocycles. The van der Waals surface area contributed by atoms with Gasteiger partial charge in [-0.15, -0.1) is 0 Å². The van der Waals surface area contributed by atoms with E-state index in [4.69, 9.17) is 11.6 Å². The first kappa shape index (κ1) is 22.4. The summed E-state index contributed by atoms with van der Waals surface area (Å²) in [5.41, 5.74) is 0.630. The van der Waals surface area contributed by atoms with Crippen LogP contribution in [0.5, 0.6) is 0 Å². The van der Waals surface area contributed by atoms with Crippen LogP contribution < -0.4 is 10.6 Å². The largest absolute Gasteiger partial charge is 0.342 e. The summed E-state index contributed by atoms with van der Waals surface area (Å²) < 4.78 is 25.1. The maximum atomic E-state index is 12.7. The second kappa shape index (κ2) is 8.82. The van der Waals surface area contributed by atoms with Gasteiger partial charge in [-0.3, -0.25) is 9.59 Å². The lowest BCUT2D eigenvalue weighted by molar-refractivity contribution is -0.114. The summed E-state index contributed by atoms with van der Waals surface area (Å²) in [6.45, 7) is 3.10. The molecule has 2 aromatic heterocycles. The molecule has 0 spiro atoms. The van der Waals surface area contributed by atoms with Crippen molar-refractivity contribution in [3.63, 3.8) is 0 Å². The molecule has 0 saturated carbocycles. The maximum absolute atomic E-state index is 12.7. The summed E-state index contributed by atoms with van der Waals surface area (Å²) in [7, 11) is -3.53. The molecule has 162 valence electrons. The molecular weight excluding hydrogens is 444 g/mol. The van der Waals surface area contributed by atoms with E-state index in [9.17, 15) is 18.0 Å². The first-order valence-corrected chi connectivity index (χ1v) is 11.3. The summed E-state index contributed by atoms with van der Waals surface area (Å²) in [5.74, 6) is 0.0964. The number of halogens is 1. The number of amides is 2. The van der Waals surface area contributed by atoms with Crippen molar-refractivity contribution in [2.45, 2.75) is 24.8 Å². The zero-order valence-corrected chi connectivity index (χ0v) is 18.4. The molecule has 10 nitrogen and oxygen atoms in total.